The number of alkyl halides is 3. The van der Waals surface area contributed by atoms with Gasteiger partial charge in [0, 0.05) is 45.1 Å². The maximum absolute atomic E-state index is 12.4. The van der Waals surface area contributed by atoms with E-state index in [1.165, 1.54) is 6.07 Å². The van der Waals surface area contributed by atoms with Crippen molar-refractivity contribution in [1.29, 1.82) is 0 Å². The number of hydrogen-bond acceptors (Lipinski definition) is 2. The molecule has 0 spiro atoms. The number of aliphatic imine (C=N–C) groups is 1. The minimum atomic E-state index is -4.37. The Morgan fingerprint density at radius 1 is 1.23 bits per heavy atom. The van der Waals surface area contributed by atoms with Gasteiger partial charge in [-0.25, -0.2) is 0 Å². The molecule has 1 aromatic heterocycles. The van der Waals surface area contributed by atoms with Gasteiger partial charge in [0.1, 0.15) is 5.75 Å². The topological polar surface area (TPSA) is 41.8 Å². The summed E-state index contributed by atoms with van der Waals surface area (Å²) >= 11 is 0. The molecule has 1 heterocycles. The SMILES string of the molecule is CN=C(NCc1ccccc1OCC(F)(F)F)N(C)Cc1cccn1C. The first kappa shape index (κ1) is 19.7. The van der Waals surface area contributed by atoms with Crippen LogP contribution in [0.4, 0.5) is 13.2 Å². The lowest BCUT2D eigenvalue weighted by molar-refractivity contribution is -0.153. The van der Waals surface area contributed by atoms with Crippen molar-refractivity contribution in [2.45, 2.75) is 19.3 Å². The molecule has 0 aliphatic heterocycles. The molecule has 0 unspecified atom stereocenters. The summed E-state index contributed by atoms with van der Waals surface area (Å²) in [5.74, 6) is 0.842. The molecule has 2 aromatic rings. The number of hydrogen-bond donors (Lipinski definition) is 1. The molecule has 0 saturated heterocycles. The van der Waals surface area contributed by atoms with Gasteiger partial charge in [-0.15, -0.1) is 0 Å². The van der Waals surface area contributed by atoms with Crippen molar-refractivity contribution in [3.8, 4) is 5.75 Å². The number of guanidine groups is 1. The second-order valence-corrected chi connectivity index (χ2v) is 5.88. The molecule has 26 heavy (non-hydrogen) atoms. The van der Waals surface area contributed by atoms with E-state index < -0.39 is 12.8 Å². The maximum Gasteiger partial charge on any atom is 0.422 e. The number of aromatic nitrogens is 1. The van der Waals surface area contributed by atoms with Gasteiger partial charge in [-0.1, -0.05) is 18.2 Å². The van der Waals surface area contributed by atoms with Gasteiger partial charge in [0.05, 0.1) is 6.54 Å². The van der Waals surface area contributed by atoms with E-state index in [4.69, 9.17) is 4.74 Å². The third kappa shape index (κ3) is 5.72. The van der Waals surface area contributed by atoms with E-state index in [-0.39, 0.29) is 5.75 Å². The number of benzene rings is 1. The number of ether oxygens (including phenoxy) is 1. The van der Waals surface area contributed by atoms with Crippen molar-refractivity contribution in [2.24, 2.45) is 12.0 Å². The van der Waals surface area contributed by atoms with Gasteiger partial charge in [-0.3, -0.25) is 4.99 Å². The van der Waals surface area contributed by atoms with Gasteiger partial charge in [-0.05, 0) is 18.2 Å². The summed E-state index contributed by atoms with van der Waals surface area (Å²) in [7, 11) is 5.53. The van der Waals surface area contributed by atoms with E-state index in [1.807, 2.05) is 41.9 Å². The van der Waals surface area contributed by atoms with Crippen LogP contribution < -0.4 is 10.1 Å². The fourth-order valence-electron chi connectivity index (χ4n) is 2.49. The number of para-hydroxylation sites is 1. The average Bonchev–Trinajstić information content (AvgIpc) is 2.98. The van der Waals surface area contributed by atoms with E-state index in [9.17, 15) is 13.2 Å². The Bertz CT molecular complexity index is 740. The van der Waals surface area contributed by atoms with Gasteiger partial charge in [0.15, 0.2) is 12.6 Å². The third-order valence-electron chi connectivity index (χ3n) is 3.82. The normalized spacial score (nSPS) is 12.2. The minimum absolute atomic E-state index is 0.206. The number of aryl methyl sites for hydroxylation is 1. The highest BCUT2D eigenvalue weighted by Gasteiger charge is 2.28. The summed E-state index contributed by atoms with van der Waals surface area (Å²) in [4.78, 5) is 6.17. The molecule has 2 rings (SSSR count). The maximum atomic E-state index is 12.4. The Morgan fingerprint density at radius 3 is 2.58 bits per heavy atom. The fraction of sp³-hybridized carbons (Fsp3) is 0.389. The Kier molecular flexibility index (Phi) is 6.54. The highest BCUT2D eigenvalue weighted by molar-refractivity contribution is 5.79. The minimum Gasteiger partial charge on any atom is -0.484 e. The standard InChI is InChI=1S/C18H23F3N4O/c1-22-17(25(3)12-15-8-6-10-24(15)2)23-11-14-7-4-5-9-16(14)26-13-18(19,20)21/h4-10H,11-13H2,1-3H3,(H,22,23). The lowest BCUT2D eigenvalue weighted by atomic mass is 10.2. The zero-order valence-corrected chi connectivity index (χ0v) is 15.0. The monoisotopic (exact) mass is 368 g/mol. The van der Waals surface area contributed by atoms with Crippen molar-refractivity contribution in [1.82, 2.24) is 14.8 Å². The molecule has 8 heteroatoms. The second kappa shape index (κ2) is 8.64. The molecule has 0 atom stereocenters. The number of halogens is 3. The van der Waals surface area contributed by atoms with E-state index in [1.54, 1.807) is 25.2 Å². The molecular formula is C18H23F3N4O. The Morgan fingerprint density at radius 2 is 1.96 bits per heavy atom. The van der Waals surface area contributed by atoms with Gasteiger partial charge in [0.25, 0.3) is 0 Å². The number of nitrogens with zero attached hydrogens (tertiary/aromatic N) is 3. The van der Waals surface area contributed by atoms with Crippen LogP contribution in [-0.2, 0) is 20.1 Å². The molecule has 0 amide bonds. The smallest absolute Gasteiger partial charge is 0.422 e. The van der Waals surface area contributed by atoms with Gasteiger partial charge < -0.3 is 19.5 Å². The predicted octanol–water partition coefficient (Wildman–Crippen LogP) is 3.17. The van der Waals surface area contributed by atoms with E-state index in [0.717, 1.165) is 5.69 Å². The van der Waals surface area contributed by atoms with Crippen LogP contribution in [0.5, 0.6) is 5.75 Å². The summed E-state index contributed by atoms with van der Waals surface area (Å²) in [5.41, 5.74) is 1.74. The first-order valence-electron chi connectivity index (χ1n) is 8.09. The Hall–Kier alpha value is -2.64. The van der Waals surface area contributed by atoms with Crippen molar-refractivity contribution in [2.75, 3.05) is 20.7 Å². The molecule has 1 N–H and O–H groups in total. The van der Waals surface area contributed by atoms with Gasteiger partial charge >= 0.3 is 6.18 Å². The van der Waals surface area contributed by atoms with Gasteiger partial charge in [-0.2, -0.15) is 13.2 Å². The van der Waals surface area contributed by atoms with E-state index in [2.05, 4.69) is 10.3 Å². The average molecular weight is 368 g/mol. The summed E-state index contributed by atoms with van der Waals surface area (Å²) in [5, 5.41) is 3.16. The summed E-state index contributed by atoms with van der Waals surface area (Å²) in [6.07, 6.45) is -2.40. The third-order valence-corrected chi connectivity index (χ3v) is 3.82. The Labute approximate surface area is 151 Å². The number of nitrogens with one attached hydrogen (secondary N) is 1. The lowest BCUT2D eigenvalue weighted by Crippen LogP contribution is -2.38. The highest BCUT2D eigenvalue weighted by Crippen LogP contribution is 2.22. The molecule has 1 aromatic carbocycles. The summed E-state index contributed by atoms with van der Waals surface area (Å²) in [6, 6.07) is 10.6. The molecule has 0 aliphatic rings. The Balaban J connectivity index is 1.99. The van der Waals surface area contributed by atoms with Crippen molar-refractivity contribution in [3.05, 3.63) is 53.9 Å². The van der Waals surface area contributed by atoms with Crippen LogP contribution in [0.1, 0.15) is 11.3 Å². The van der Waals surface area contributed by atoms with Crippen LogP contribution in [0, 0.1) is 0 Å². The zero-order chi connectivity index (χ0) is 19.2. The quantitative estimate of drug-likeness (QED) is 0.629. The highest BCUT2D eigenvalue weighted by atomic mass is 19.4. The molecule has 0 radical (unpaired) electrons. The first-order valence-corrected chi connectivity index (χ1v) is 8.09. The summed E-state index contributed by atoms with van der Waals surface area (Å²) < 4.78 is 44.1. The van der Waals surface area contributed by atoms with Crippen LogP contribution in [-0.4, -0.2) is 42.3 Å². The zero-order valence-electron chi connectivity index (χ0n) is 15.0. The van der Waals surface area contributed by atoms with Crippen LogP contribution >= 0.6 is 0 Å². The fourth-order valence-corrected chi connectivity index (χ4v) is 2.49. The van der Waals surface area contributed by atoms with Crippen LogP contribution in [0.2, 0.25) is 0 Å². The molecule has 5 nitrogen and oxygen atoms in total. The molecule has 0 fully saturated rings. The molecule has 142 valence electrons. The molecular weight excluding hydrogens is 345 g/mol. The molecule has 0 saturated carbocycles. The summed E-state index contributed by atoms with van der Waals surface area (Å²) in [6.45, 7) is -0.361. The van der Waals surface area contributed by atoms with Crippen molar-refractivity contribution >= 4 is 5.96 Å². The molecule has 0 bridgehead atoms. The second-order valence-electron chi connectivity index (χ2n) is 5.88. The van der Waals surface area contributed by atoms with E-state index >= 15 is 0 Å². The lowest BCUT2D eigenvalue weighted by Gasteiger charge is -2.23. The van der Waals surface area contributed by atoms with E-state index in [0.29, 0.717) is 24.6 Å². The van der Waals surface area contributed by atoms with Crippen LogP contribution in [0.3, 0.4) is 0 Å². The first-order chi connectivity index (χ1) is 12.3. The predicted molar refractivity (Wildman–Crippen MR) is 95.1 cm³/mol. The molecule has 0 aliphatic carbocycles. The van der Waals surface area contributed by atoms with Gasteiger partial charge in [0.2, 0.25) is 0 Å². The number of rotatable bonds is 6. The van der Waals surface area contributed by atoms with Crippen molar-refractivity contribution in [3.63, 3.8) is 0 Å². The largest absolute Gasteiger partial charge is 0.484 e. The van der Waals surface area contributed by atoms with Crippen LogP contribution in [0.25, 0.3) is 0 Å². The van der Waals surface area contributed by atoms with Crippen molar-refractivity contribution < 1.29 is 17.9 Å². The van der Waals surface area contributed by atoms with Crippen LogP contribution in [0.15, 0.2) is 47.6 Å².